The van der Waals surface area contributed by atoms with Gasteiger partial charge in [0.05, 0.1) is 18.8 Å². The van der Waals surface area contributed by atoms with Crippen LogP contribution in [0, 0.1) is 0 Å². The molecule has 0 amide bonds. The van der Waals surface area contributed by atoms with Gasteiger partial charge >= 0.3 is 0 Å². The van der Waals surface area contributed by atoms with Crippen molar-refractivity contribution in [3.63, 3.8) is 0 Å². The average molecular weight is 283 g/mol. The largest absolute Gasteiger partial charge is 0.377 e. The lowest BCUT2D eigenvalue weighted by Crippen LogP contribution is -2.53. The van der Waals surface area contributed by atoms with Gasteiger partial charge in [-0.1, -0.05) is 24.6 Å². The molecule has 1 fully saturated rings. The number of nitrogens with one attached hydrogen (secondary N) is 1. The van der Waals surface area contributed by atoms with E-state index in [1.807, 2.05) is 6.07 Å². The second-order valence-electron chi connectivity index (χ2n) is 5.57. The maximum Gasteiger partial charge on any atom is 0.0694 e. The molecule has 0 aromatic heterocycles. The smallest absolute Gasteiger partial charge is 0.0694 e. The van der Waals surface area contributed by atoms with Gasteiger partial charge in [-0.3, -0.25) is 0 Å². The van der Waals surface area contributed by atoms with Crippen molar-refractivity contribution in [2.75, 3.05) is 31.2 Å². The minimum absolute atomic E-state index is 0.00387. The molecule has 1 N–H and O–H groups in total. The van der Waals surface area contributed by atoms with Gasteiger partial charge < -0.3 is 15.0 Å². The molecule has 1 aliphatic heterocycles. The molecule has 3 nitrogen and oxygen atoms in total. The highest BCUT2D eigenvalue weighted by atomic mass is 35.5. The van der Waals surface area contributed by atoms with Crippen LogP contribution in [0.4, 0.5) is 5.69 Å². The Morgan fingerprint density at radius 3 is 2.89 bits per heavy atom. The number of nitrogens with zero attached hydrogens (tertiary/aromatic N) is 1. The number of rotatable bonds is 4. The highest BCUT2D eigenvalue weighted by Gasteiger charge is 2.31. The van der Waals surface area contributed by atoms with Crippen LogP contribution in [0.2, 0.25) is 5.02 Å². The topological polar surface area (TPSA) is 24.5 Å². The molecule has 1 aliphatic rings. The average Bonchev–Trinajstić information content (AvgIpc) is 2.37. The maximum absolute atomic E-state index is 6.18. The van der Waals surface area contributed by atoms with Gasteiger partial charge in [0.15, 0.2) is 0 Å². The fraction of sp³-hybridized carbons (Fsp3) is 0.600. The van der Waals surface area contributed by atoms with Crippen molar-refractivity contribution in [2.45, 2.75) is 32.9 Å². The summed E-state index contributed by atoms with van der Waals surface area (Å²) in [5.41, 5.74) is 2.52. The third kappa shape index (κ3) is 3.41. The minimum atomic E-state index is 0.00387. The third-order valence-electron chi connectivity index (χ3n) is 3.55. The van der Waals surface area contributed by atoms with Gasteiger partial charge in [-0.15, -0.1) is 0 Å². The van der Waals surface area contributed by atoms with Crippen LogP contribution in [0.1, 0.15) is 26.3 Å². The van der Waals surface area contributed by atoms with Gasteiger partial charge in [0, 0.05) is 23.8 Å². The van der Waals surface area contributed by atoms with Crippen molar-refractivity contribution in [3.05, 3.63) is 28.8 Å². The summed E-state index contributed by atoms with van der Waals surface area (Å²) in [7, 11) is 0. The van der Waals surface area contributed by atoms with Crippen molar-refractivity contribution in [3.8, 4) is 0 Å². The second kappa shape index (κ2) is 6.12. The van der Waals surface area contributed by atoms with E-state index in [9.17, 15) is 0 Å². The Labute approximate surface area is 120 Å². The number of hydrogen-bond acceptors (Lipinski definition) is 3. The summed E-state index contributed by atoms with van der Waals surface area (Å²) >= 11 is 6.18. The van der Waals surface area contributed by atoms with Crippen LogP contribution in [0.3, 0.4) is 0 Å². The molecule has 2 rings (SSSR count). The number of ether oxygens (including phenoxy) is 1. The lowest BCUT2D eigenvalue weighted by molar-refractivity contribution is 0.0643. The molecule has 1 heterocycles. The molecule has 19 heavy (non-hydrogen) atoms. The molecule has 0 bridgehead atoms. The summed E-state index contributed by atoms with van der Waals surface area (Å²) in [6.07, 6.45) is 0. The van der Waals surface area contributed by atoms with E-state index in [1.54, 1.807) is 0 Å². The first kappa shape index (κ1) is 14.6. The minimum Gasteiger partial charge on any atom is -0.377 e. The van der Waals surface area contributed by atoms with Gasteiger partial charge in [-0.2, -0.15) is 0 Å². The quantitative estimate of drug-likeness (QED) is 0.919. The van der Waals surface area contributed by atoms with Crippen LogP contribution in [-0.4, -0.2) is 31.8 Å². The van der Waals surface area contributed by atoms with Crippen molar-refractivity contribution in [2.24, 2.45) is 0 Å². The number of morpholine rings is 1. The highest BCUT2D eigenvalue weighted by molar-refractivity contribution is 6.30. The summed E-state index contributed by atoms with van der Waals surface area (Å²) in [6, 6.07) is 6.15. The van der Waals surface area contributed by atoms with Crippen LogP contribution in [-0.2, 0) is 11.3 Å². The van der Waals surface area contributed by atoms with Crippen molar-refractivity contribution < 1.29 is 4.74 Å². The van der Waals surface area contributed by atoms with E-state index in [0.717, 1.165) is 37.9 Å². The van der Waals surface area contributed by atoms with E-state index in [2.05, 4.69) is 43.1 Å². The number of benzene rings is 1. The van der Waals surface area contributed by atoms with E-state index in [0.29, 0.717) is 0 Å². The summed E-state index contributed by atoms with van der Waals surface area (Å²) in [5, 5.41) is 4.18. The summed E-state index contributed by atoms with van der Waals surface area (Å²) in [5.74, 6) is 0. The van der Waals surface area contributed by atoms with Gasteiger partial charge in [0.25, 0.3) is 0 Å². The molecule has 0 atom stereocenters. The first-order valence-electron chi connectivity index (χ1n) is 6.89. The van der Waals surface area contributed by atoms with Crippen molar-refractivity contribution in [1.29, 1.82) is 0 Å². The summed E-state index contributed by atoms with van der Waals surface area (Å²) < 4.78 is 5.60. The van der Waals surface area contributed by atoms with Gasteiger partial charge in [0.2, 0.25) is 0 Å². The maximum atomic E-state index is 6.18. The predicted molar refractivity (Wildman–Crippen MR) is 81.1 cm³/mol. The molecule has 1 aromatic rings. The fourth-order valence-corrected chi connectivity index (χ4v) is 2.67. The van der Waals surface area contributed by atoms with E-state index in [1.165, 1.54) is 11.3 Å². The lowest BCUT2D eigenvalue weighted by Gasteiger charge is -2.44. The zero-order valence-electron chi connectivity index (χ0n) is 12.0. The molecular weight excluding hydrogens is 260 g/mol. The molecule has 0 spiro atoms. The van der Waals surface area contributed by atoms with E-state index < -0.39 is 0 Å². The molecule has 0 radical (unpaired) electrons. The van der Waals surface area contributed by atoms with E-state index >= 15 is 0 Å². The molecule has 106 valence electrons. The normalized spacial score (nSPS) is 18.6. The molecule has 0 saturated carbocycles. The molecule has 4 heteroatoms. The Hall–Kier alpha value is -0.770. The summed E-state index contributed by atoms with van der Waals surface area (Å²) in [6.45, 7) is 10.8. The van der Waals surface area contributed by atoms with Crippen LogP contribution < -0.4 is 10.2 Å². The Kier molecular flexibility index (Phi) is 4.71. The molecule has 0 unspecified atom stereocenters. The standard InChI is InChI=1S/C15H23ClN2O/c1-4-17-10-12-5-6-13(16)9-14(12)18-7-8-19-11-15(18,2)3/h5-6,9,17H,4,7-8,10-11H2,1-3H3. The number of hydrogen-bond donors (Lipinski definition) is 1. The van der Waals surface area contributed by atoms with Gasteiger partial charge in [-0.05, 0) is 38.1 Å². The first-order chi connectivity index (χ1) is 9.04. The SMILES string of the molecule is CCNCc1ccc(Cl)cc1N1CCOCC1(C)C. The Morgan fingerprint density at radius 1 is 1.42 bits per heavy atom. The molecule has 1 aromatic carbocycles. The Morgan fingerprint density at radius 2 is 2.21 bits per heavy atom. The zero-order chi connectivity index (χ0) is 13.9. The number of anilines is 1. The fourth-order valence-electron chi connectivity index (χ4n) is 2.50. The Balaban J connectivity index is 2.32. The van der Waals surface area contributed by atoms with Crippen molar-refractivity contribution >= 4 is 17.3 Å². The first-order valence-corrected chi connectivity index (χ1v) is 7.27. The van der Waals surface area contributed by atoms with Crippen LogP contribution in [0.15, 0.2) is 18.2 Å². The molecular formula is C15H23ClN2O. The summed E-state index contributed by atoms with van der Waals surface area (Å²) in [4.78, 5) is 2.41. The molecule has 0 aliphatic carbocycles. The third-order valence-corrected chi connectivity index (χ3v) is 3.78. The predicted octanol–water partition coefficient (Wildman–Crippen LogP) is 3.06. The second-order valence-corrected chi connectivity index (χ2v) is 6.01. The number of halogens is 1. The van der Waals surface area contributed by atoms with E-state index in [4.69, 9.17) is 16.3 Å². The van der Waals surface area contributed by atoms with Crippen LogP contribution >= 0.6 is 11.6 Å². The van der Waals surface area contributed by atoms with Gasteiger partial charge in [-0.25, -0.2) is 0 Å². The Bertz CT molecular complexity index is 434. The van der Waals surface area contributed by atoms with Crippen LogP contribution in [0.5, 0.6) is 0 Å². The monoisotopic (exact) mass is 282 g/mol. The van der Waals surface area contributed by atoms with Crippen LogP contribution in [0.25, 0.3) is 0 Å². The molecule has 1 saturated heterocycles. The van der Waals surface area contributed by atoms with Gasteiger partial charge in [0.1, 0.15) is 0 Å². The van der Waals surface area contributed by atoms with E-state index in [-0.39, 0.29) is 5.54 Å². The highest BCUT2D eigenvalue weighted by Crippen LogP contribution is 2.32. The zero-order valence-corrected chi connectivity index (χ0v) is 12.8. The lowest BCUT2D eigenvalue weighted by atomic mass is 9.99. The van der Waals surface area contributed by atoms with Crippen molar-refractivity contribution in [1.82, 2.24) is 5.32 Å².